The van der Waals surface area contributed by atoms with Gasteiger partial charge >= 0.3 is 0 Å². The van der Waals surface area contributed by atoms with Crippen LogP contribution in [-0.2, 0) is 13.1 Å². The molecular formula is C26H26F2N6. The molecule has 1 aliphatic heterocycles. The molecule has 1 aliphatic rings. The van der Waals surface area contributed by atoms with E-state index in [-0.39, 0.29) is 17.7 Å². The molecule has 0 bridgehead atoms. The Hall–Kier alpha value is -3.49. The van der Waals surface area contributed by atoms with Gasteiger partial charge in [0, 0.05) is 32.7 Å². The molecule has 2 heterocycles. The van der Waals surface area contributed by atoms with Crippen molar-refractivity contribution >= 4 is 0 Å². The van der Waals surface area contributed by atoms with Crippen molar-refractivity contribution in [1.29, 1.82) is 0 Å². The van der Waals surface area contributed by atoms with Crippen molar-refractivity contribution in [3.63, 3.8) is 0 Å². The fourth-order valence-electron chi connectivity index (χ4n) is 4.47. The first kappa shape index (κ1) is 22.3. The molecule has 174 valence electrons. The number of nitrogens with zero attached hydrogens (tertiary/aromatic N) is 6. The lowest BCUT2D eigenvalue weighted by Gasteiger charge is -2.39. The van der Waals surface area contributed by atoms with E-state index in [0.29, 0.717) is 12.4 Å². The van der Waals surface area contributed by atoms with Crippen LogP contribution in [0.25, 0.3) is 0 Å². The maximum atomic E-state index is 13.7. The summed E-state index contributed by atoms with van der Waals surface area (Å²) in [6.07, 6.45) is 0. The summed E-state index contributed by atoms with van der Waals surface area (Å²) >= 11 is 0. The first-order valence-corrected chi connectivity index (χ1v) is 11.4. The zero-order valence-electron chi connectivity index (χ0n) is 18.8. The van der Waals surface area contributed by atoms with E-state index in [1.54, 1.807) is 28.9 Å². The Bertz CT molecular complexity index is 1190. The topological polar surface area (TPSA) is 50.1 Å². The van der Waals surface area contributed by atoms with Gasteiger partial charge in [-0.3, -0.25) is 9.80 Å². The molecule has 1 saturated heterocycles. The lowest BCUT2D eigenvalue weighted by Crippen LogP contribution is -2.48. The molecular weight excluding hydrogens is 434 g/mol. The minimum atomic E-state index is -0.279. The molecule has 5 rings (SSSR count). The normalized spacial score (nSPS) is 15.9. The van der Waals surface area contributed by atoms with Gasteiger partial charge < -0.3 is 0 Å². The Kier molecular flexibility index (Phi) is 6.69. The van der Waals surface area contributed by atoms with Gasteiger partial charge in [0.2, 0.25) is 0 Å². The predicted molar refractivity (Wildman–Crippen MR) is 125 cm³/mol. The maximum absolute atomic E-state index is 13.7. The Labute approximate surface area is 197 Å². The Morgan fingerprint density at radius 3 is 2.00 bits per heavy atom. The Morgan fingerprint density at radius 1 is 0.706 bits per heavy atom. The molecule has 0 spiro atoms. The van der Waals surface area contributed by atoms with Crippen molar-refractivity contribution in [2.75, 3.05) is 26.2 Å². The van der Waals surface area contributed by atoms with Crippen LogP contribution in [0.2, 0.25) is 0 Å². The van der Waals surface area contributed by atoms with Gasteiger partial charge in [-0.15, -0.1) is 5.10 Å². The average molecular weight is 461 g/mol. The van der Waals surface area contributed by atoms with Crippen molar-refractivity contribution in [1.82, 2.24) is 30.0 Å². The van der Waals surface area contributed by atoms with Crippen molar-refractivity contribution < 1.29 is 8.78 Å². The molecule has 0 N–H and O–H groups in total. The highest BCUT2D eigenvalue weighted by molar-refractivity contribution is 5.26. The highest BCUT2D eigenvalue weighted by Gasteiger charge is 2.30. The van der Waals surface area contributed by atoms with Gasteiger partial charge in [0.25, 0.3) is 0 Å². The minimum absolute atomic E-state index is 0.213. The highest BCUT2D eigenvalue weighted by Crippen LogP contribution is 2.29. The number of rotatable bonds is 7. The number of aromatic nitrogens is 4. The lowest BCUT2D eigenvalue weighted by molar-refractivity contribution is 0.100. The molecule has 0 radical (unpaired) electrons. The van der Waals surface area contributed by atoms with Crippen LogP contribution in [0, 0.1) is 11.6 Å². The summed E-state index contributed by atoms with van der Waals surface area (Å²) in [6, 6.07) is 23.1. The van der Waals surface area contributed by atoms with E-state index in [2.05, 4.69) is 49.6 Å². The zero-order valence-corrected chi connectivity index (χ0v) is 18.8. The van der Waals surface area contributed by atoms with E-state index in [1.807, 2.05) is 6.07 Å². The molecule has 34 heavy (non-hydrogen) atoms. The van der Waals surface area contributed by atoms with Gasteiger partial charge in [-0.2, -0.15) is 0 Å². The number of piperazine rings is 1. The van der Waals surface area contributed by atoms with Gasteiger partial charge in [0.1, 0.15) is 11.6 Å². The van der Waals surface area contributed by atoms with Gasteiger partial charge in [0.05, 0.1) is 12.6 Å². The van der Waals surface area contributed by atoms with Crippen molar-refractivity contribution in [2.45, 2.75) is 19.1 Å². The molecule has 6 nitrogen and oxygen atoms in total. The van der Waals surface area contributed by atoms with Crippen molar-refractivity contribution in [3.8, 4) is 0 Å². The predicted octanol–water partition coefficient (Wildman–Crippen LogP) is 3.91. The number of halogens is 2. The first-order chi connectivity index (χ1) is 16.7. The number of hydrogen-bond donors (Lipinski definition) is 0. The number of hydrogen-bond acceptors (Lipinski definition) is 5. The van der Waals surface area contributed by atoms with Gasteiger partial charge in [-0.25, -0.2) is 13.5 Å². The zero-order chi connectivity index (χ0) is 23.3. The maximum Gasteiger partial charge on any atom is 0.173 e. The quantitative estimate of drug-likeness (QED) is 0.419. The molecule has 3 aromatic carbocycles. The smallest absolute Gasteiger partial charge is 0.173 e. The lowest BCUT2D eigenvalue weighted by atomic mass is 10.0. The highest BCUT2D eigenvalue weighted by atomic mass is 19.1. The van der Waals surface area contributed by atoms with Crippen LogP contribution in [0.15, 0.2) is 78.9 Å². The van der Waals surface area contributed by atoms with E-state index >= 15 is 0 Å². The number of tetrazole rings is 1. The van der Waals surface area contributed by atoms with E-state index in [9.17, 15) is 8.78 Å². The minimum Gasteiger partial charge on any atom is -0.297 e. The molecule has 4 aromatic rings. The fraction of sp³-hybridized carbons (Fsp3) is 0.269. The molecule has 1 aromatic heterocycles. The van der Waals surface area contributed by atoms with E-state index < -0.39 is 0 Å². The summed E-state index contributed by atoms with van der Waals surface area (Å²) in [7, 11) is 0. The van der Waals surface area contributed by atoms with Crippen LogP contribution in [-0.4, -0.2) is 56.2 Å². The summed E-state index contributed by atoms with van der Waals surface area (Å²) in [5.74, 6) is 0.131. The molecule has 8 heteroatoms. The molecule has 0 amide bonds. The second-order valence-corrected chi connectivity index (χ2v) is 8.57. The average Bonchev–Trinajstić information content (AvgIpc) is 3.31. The summed E-state index contributed by atoms with van der Waals surface area (Å²) in [5.41, 5.74) is 3.14. The SMILES string of the molecule is Fc1ccc(Cn2nnnc2C(c2ccc(F)cc2)N2CCN(Cc3ccccc3)CC2)cc1. The standard InChI is InChI=1S/C26H26F2N6/c27-23-10-6-21(7-11-23)19-34-26(29-30-31-34)25(22-8-12-24(28)13-9-22)33-16-14-32(15-17-33)18-20-4-2-1-3-5-20/h1-13,25H,14-19H2. The van der Waals surface area contributed by atoms with E-state index in [0.717, 1.165) is 43.9 Å². The van der Waals surface area contributed by atoms with Crippen LogP contribution < -0.4 is 0 Å². The van der Waals surface area contributed by atoms with Gasteiger partial charge in [-0.1, -0.05) is 54.6 Å². The summed E-state index contributed by atoms with van der Waals surface area (Å²) < 4.78 is 28.8. The summed E-state index contributed by atoms with van der Waals surface area (Å²) in [4.78, 5) is 4.79. The molecule has 1 fully saturated rings. The van der Waals surface area contributed by atoms with Gasteiger partial charge in [-0.05, 0) is 51.4 Å². The fourth-order valence-corrected chi connectivity index (χ4v) is 4.47. The Morgan fingerprint density at radius 2 is 1.32 bits per heavy atom. The largest absolute Gasteiger partial charge is 0.297 e. The Balaban J connectivity index is 1.38. The second kappa shape index (κ2) is 10.2. The van der Waals surface area contributed by atoms with Crippen LogP contribution in [0.5, 0.6) is 0 Å². The van der Waals surface area contributed by atoms with E-state index in [4.69, 9.17) is 0 Å². The third-order valence-corrected chi connectivity index (χ3v) is 6.26. The third kappa shape index (κ3) is 5.18. The first-order valence-electron chi connectivity index (χ1n) is 11.4. The molecule has 1 unspecified atom stereocenters. The van der Waals surface area contributed by atoms with Crippen LogP contribution >= 0.6 is 0 Å². The third-order valence-electron chi connectivity index (χ3n) is 6.26. The molecule has 0 saturated carbocycles. The van der Waals surface area contributed by atoms with Crippen molar-refractivity contribution in [2.24, 2.45) is 0 Å². The van der Waals surface area contributed by atoms with Crippen molar-refractivity contribution in [3.05, 3.63) is 113 Å². The van der Waals surface area contributed by atoms with Crippen LogP contribution in [0.4, 0.5) is 8.78 Å². The monoisotopic (exact) mass is 460 g/mol. The van der Waals surface area contributed by atoms with Gasteiger partial charge in [0.15, 0.2) is 5.82 Å². The summed E-state index contributed by atoms with van der Waals surface area (Å²) in [6.45, 7) is 4.82. The van der Waals surface area contributed by atoms with Crippen LogP contribution in [0.1, 0.15) is 28.6 Å². The van der Waals surface area contributed by atoms with Crippen LogP contribution in [0.3, 0.4) is 0 Å². The van der Waals surface area contributed by atoms with E-state index in [1.165, 1.54) is 29.8 Å². The molecule has 0 aliphatic carbocycles. The second-order valence-electron chi connectivity index (χ2n) is 8.57. The molecule has 1 atom stereocenters. The number of benzene rings is 3. The summed E-state index contributed by atoms with van der Waals surface area (Å²) in [5, 5.41) is 12.5.